The molecule has 0 fully saturated rings. The Morgan fingerprint density at radius 2 is 1.54 bits per heavy atom. The van der Waals surface area contributed by atoms with Gasteiger partial charge in [0.2, 0.25) is 0 Å². The van der Waals surface area contributed by atoms with E-state index in [4.69, 9.17) is 9.97 Å². The van der Waals surface area contributed by atoms with Gasteiger partial charge in [0.1, 0.15) is 0 Å². The van der Waals surface area contributed by atoms with Gasteiger partial charge in [-0.05, 0) is 0 Å². The number of fused-ring (bicyclic) bond motifs is 1. The molecule has 0 spiro atoms. The van der Waals surface area contributed by atoms with Gasteiger partial charge in [0.15, 0.2) is 0 Å². The fraction of sp³-hybridized carbons (Fsp3) is 0.267. The van der Waals surface area contributed by atoms with Gasteiger partial charge >= 0.3 is 215 Å². The van der Waals surface area contributed by atoms with Crippen LogP contribution in [-0.2, 0) is 17.4 Å². The molecule has 0 aliphatic heterocycles. The number of hydrogen-bond donors (Lipinski definition) is 0. The van der Waals surface area contributed by atoms with E-state index in [0.29, 0.717) is 3.63 Å². The first-order valence-corrected chi connectivity index (χ1v) is 29.6. The SMILES string of the molecule is CC1=[C]([Zr]([CH3])([CH3])(=[SiH2])[CH]2C([Si](C)(C)C)=Cc3c(-c4ccccn4)cc(-c4ccccn4)cc32)CC=C1.Cl.Cl. The molecule has 1 aromatic carbocycles. The van der Waals surface area contributed by atoms with Gasteiger partial charge in [-0.25, -0.2) is 0 Å². The second kappa shape index (κ2) is 10.7. The molecule has 1 atom stereocenters. The Bertz CT molecular complexity index is 1480. The van der Waals surface area contributed by atoms with Crippen LogP contribution in [0.3, 0.4) is 0 Å². The predicted molar refractivity (Wildman–Crippen MR) is 168 cm³/mol. The largest absolute Gasteiger partial charge is 0.147 e. The van der Waals surface area contributed by atoms with E-state index >= 15 is 0 Å². The molecular weight excluding hydrogens is 607 g/mol. The maximum Gasteiger partial charge on any atom is -0.147 e. The van der Waals surface area contributed by atoms with Gasteiger partial charge in [0.25, 0.3) is 0 Å². The van der Waals surface area contributed by atoms with E-state index in [-0.39, 0.29) is 24.8 Å². The van der Waals surface area contributed by atoms with Crippen molar-refractivity contribution in [2.75, 3.05) is 0 Å². The van der Waals surface area contributed by atoms with Crippen molar-refractivity contribution in [3.05, 3.63) is 98.3 Å². The first-order valence-electron chi connectivity index (χ1n) is 12.6. The van der Waals surface area contributed by atoms with Crippen molar-refractivity contribution in [2.24, 2.45) is 0 Å². The molecule has 2 aromatic heterocycles. The Morgan fingerprint density at radius 3 is 2.05 bits per heavy atom. The molecule has 0 N–H and O–H groups in total. The second-order valence-corrected chi connectivity index (χ2v) is 47.0. The number of allylic oxidation sites excluding steroid dienone is 5. The Balaban J connectivity index is 0.00000190. The van der Waals surface area contributed by atoms with Crippen LogP contribution in [0.1, 0.15) is 28.1 Å². The topological polar surface area (TPSA) is 25.8 Å². The van der Waals surface area contributed by atoms with Crippen LogP contribution in [0.4, 0.5) is 0 Å². The monoisotopic (exact) mass is 642 g/mol. The Hall–Kier alpha value is -1.36. The summed E-state index contributed by atoms with van der Waals surface area (Å²) >= 11 is -3.44. The van der Waals surface area contributed by atoms with Crippen LogP contribution >= 0.6 is 24.8 Å². The quantitative estimate of drug-likeness (QED) is 0.260. The van der Waals surface area contributed by atoms with Crippen molar-refractivity contribution in [2.45, 2.75) is 45.9 Å². The zero-order valence-corrected chi connectivity index (χ0v) is 29.2. The van der Waals surface area contributed by atoms with Crippen LogP contribution in [-0.4, -0.2) is 24.9 Å². The molecule has 0 radical (unpaired) electrons. The standard InChI is InChI=1S/C22H21N2Si.C6H7.2CH3.2ClH.H2Si.Zr/c1-25(2,3)18-13-16-12-17(21-8-4-6-10-23-21)14-20(19(16)15-18)22-9-5-7-11-24-22;1-6-4-2-3-5-6;;;;;;/h4-15H,1-3H3;2,4H,3H2,1H3;2*1H3;2*1H;1H2;. The zero-order valence-electron chi connectivity index (χ0n) is 22.7. The molecule has 0 saturated heterocycles. The molecule has 2 aliphatic rings. The Labute approximate surface area is 238 Å². The summed E-state index contributed by atoms with van der Waals surface area (Å²) in [4.78, 5) is 9.55. The van der Waals surface area contributed by atoms with E-state index < -0.39 is 25.5 Å². The van der Waals surface area contributed by atoms with Crippen LogP contribution in [0.5, 0.6) is 0 Å². The molecule has 3 aromatic rings. The van der Waals surface area contributed by atoms with Gasteiger partial charge < -0.3 is 0 Å². The van der Waals surface area contributed by atoms with E-state index in [1.165, 1.54) is 27.8 Å². The Morgan fingerprint density at radius 1 is 0.919 bits per heavy atom. The zero-order chi connectivity index (χ0) is 25.0. The number of aromatic nitrogens is 2. The van der Waals surface area contributed by atoms with Gasteiger partial charge in [-0.2, -0.15) is 0 Å². The van der Waals surface area contributed by atoms with Crippen molar-refractivity contribution in [3.8, 4) is 22.5 Å². The minimum absolute atomic E-state index is 0. The van der Waals surface area contributed by atoms with Crippen LogP contribution in [0.25, 0.3) is 28.6 Å². The van der Waals surface area contributed by atoms with E-state index in [1.807, 2.05) is 24.5 Å². The third-order valence-corrected chi connectivity index (χ3v) is 28.2. The molecule has 5 rings (SSSR count). The van der Waals surface area contributed by atoms with Crippen LogP contribution < -0.4 is 0 Å². The summed E-state index contributed by atoms with van der Waals surface area (Å²) in [6, 6.07) is 17.3. The van der Waals surface area contributed by atoms with Gasteiger partial charge in [-0.15, -0.1) is 24.8 Å². The van der Waals surface area contributed by atoms with E-state index in [2.05, 4.69) is 97.3 Å². The van der Waals surface area contributed by atoms with Crippen LogP contribution in [0.15, 0.2) is 87.1 Å². The minimum Gasteiger partial charge on any atom is -0.147 e. The van der Waals surface area contributed by atoms with Gasteiger partial charge in [-0.3, -0.25) is 0 Å². The summed E-state index contributed by atoms with van der Waals surface area (Å²) < 4.78 is 7.70. The molecule has 1 unspecified atom stereocenters. The summed E-state index contributed by atoms with van der Waals surface area (Å²) in [5.41, 5.74) is 8.95. The molecule has 2 heterocycles. The van der Waals surface area contributed by atoms with Gasteiger partial charge in [-0.1, -0.05) is 0 Å². The number of halogens is 2. The van der Waals surface area contributed by atoms with Crippen LogP contribution in [0, 0.1) is 0 Å². The summed E-state index contributed by atoms with van der Waals surface area (Å²) in [5, 5.41) is 1.72. The molecule has 0 saturated carbocycles. The van der Waals surface area contributed by atoms with Crippen molar-refractivity contribution in [3.63, 3.8) is 0 Å². The summed E-state index contributed by atoms with van der Waals surface area (Å²) in [6.45, 7) is 12.3. The molecular formula is C30H38Cl2N2Si2Zr. The summed E-state index contributed by atoms with van der Waals surface area (Å²) in [7, 11) is -1.60. The van der Waals surface area contributed by atoms with Crippen molar-refractivity contribution in [1.29, 1.82) is 0 Å². The smallest absolute Gasteiger partial charge is 0.147 e. The maximum absolute atomic E-state index is 4.80. The molecule has 0 bridgehead atoms. The van der Waals surface area contributed by atoms with Crippen molar-refractivity contribution >= 4 is 45.8 Å². The van der Waals surface area contributed by atoms with E-state index in [1.54, 1.807) is 8.48 Å². The fourth-order valence-corrected chi connectivity index (χ4v) is 32.0. The normalized spacial score (nSPS) is 17.2. The number of rotatable bonds is 5. The predicted octanol–water partition coefficient (Wildman–Crippen LogP) is 8.54. The minimum atomic E-state index is -3.44. The first kappa shape index (κ1) is 30.2. The third-order valence-electron chi connectivity index (χ3n) is 7.98. The number of pyridine rings is 2. The number of benzene rings is 1. The second-order valence-electron chi connectivity index (χ2n) is 12.3. The van der Waals surface area contributed by atoms with Crippen molar-refractivity contribution in [1.82, 2.24) is 9.97 Å². The summed E-state index contributed by atoms with van der Waals surface area (Å²) in [5.74, 6) is 0. The first-order chi connectivity index (χ1) is 16.5. The molecule has 37 heavy (non-hydrogen) atoms. The molecule has 0 amide bonds. The van der Waals surface area contributed by atoms with E-state index in [9.17, 15) is 0 Å². The molecule has 2 nitrogen and oxygen atoms in total. The summed E-state index contributed by atoms with van der Waals surface area (Å²) in [6.07, 6.45) is 12.3. The van der Waals surface area contributed by atoms with Crippen molar-refractivity contribution < 1.29 is 17.4 Å². The molecule has 7 heteroatoms. The molecule has 194 valence electrons. The maximum atomic E-state index is 4.80. The molecule has 2 aliphatic carbocycles. The third kappa shape index (κ3) is 5.40. The average molecular weight is 645 g/mol. The van der Waals surface area contributed by atoms with Crippen LogP contribution in [0.2, 0.25) is 28.9 Å². The number of hydrogen-bond acceptors (Lipinski definition) is 2. The van der Waals surface area contributed by atoms with E-state index in [0.717, 1.165) is 17.8 Å². The Kier molecular flexibility index (Phi) is 8.69. The number of nitrogens with zero attached hydrogens (tertiary/aromatic N) is 2. The van der Waals surface area contributed by atoms with Gasteiger partial charge in [0.05, 0.1) is 0 Å². The average Bonchev–Trinajstić information content (AvgIpc) is 3.44. The fourth-order valence-electron chi connectivity index (χ4n) is 6.32. The van der Waals surface area contributed by atoms with Gasteiger partial charge in [0, 0.05) is 0 Å².